The second-order valence-corrected chi connectivity index (χ2v) is 8.14. The van der Waals surface area contributed by atoms with E-state index in [4.69, 9.17) is 15.7 Å². The summed E-state index contributed by atoms with van der Waals surface area (Å²) in [5.41, 5.74) is 5.56. The van der Waals surface area contributed by atoms with Crippen molar-refractivity contribution in [2.45, 2.75) is 32.7 Å². The van der Waals surface area contributed by atoms with Crippen molar-refractivity contribution < 1.29 is 18.7 Å². The number of hydrogen-bond donors (Lipinski definition) is 2. The van der Waals surface area contributed by atoms with Gasteiger partial charge in [0.25, 0.3) is 5.91 Å². The van der Waals surface area contributed by atoms with E-state index in [1.54, 1.807) is 29.6 Å². The van der Waals surface area contributed by atoms with Crippen molar-refractivity contribution in [3.05, 3.63) is 41.8 Å². The molecule has 9 nitrogen and oxygen atoms in total. The quantitative estimate of drug-likeness (QED) is 0.728. The summed E-state index contributed by atoms with van der Waals surface area (Å²) in [6, 6.07) is 7.75. The molecule has 0 radical (unpaired) electrons. The molecule has 0 unspecified atom stereocenters. The highest BCUT2D eigenvalue weighted by Gasteiger charge is 2.28. The number of carbonyl (C=O) groups is 2. The number of carbonyl (C=O) groups excluding carboxylic acids is 2. The Hall–Kier alpha value is -3.61. The van der Waals surface area contributed by atoms with E-state index in [0.29, 0.717) is 37.4 Å². The van der Waals surface area contributed by atoms with Gasteiger partial charge in [-0.05, 0) is 51.0 Å². The summed E-state index contributed by atoms with van der Waals surface area (Å²) in [6.45, 7) is 4.37. The Balaban J connectivity index is 1.64. The average Bonchev–Trinajstić information content (AvgIpc) is 3.18. The van der Waals surface area contributed by atoms with Gasteiger partial charge in [0.15, 0.2) is 5.82 Å². The van der Waals surface area contributed by atoms with Gasteiger partial charge in [-0.1, -0.05) is 0 Å². The number of halogens is 1. The number of nitrogens with zero attached hydrogens (tertiary/aromatic N) is 4. The second kappa shape index (κ2) is 9.04. The molecule has 1 aromatic carbocycles. The van der Waals surface area contributed by atoms with Crippen molar-refractivity contribution in [1.29, 1.82) is 5.26 Å². The maximum atomic E-state index is 13.1. The summed E-state index contributed by atoms with van der Waals surface area (Å²) in [4.78, 5) is 25.7. The zero-order valence-corrected chi connectivity index (χ0v) is 17.5. The van der Waals surface area contributed by atoms with E-state index in [1.807, 2.05) is 0 Å². The van der Waals surface area contributed by atoms with Crippen molar-refractivity contribution in [2.24, 2.45) is 11.1 Å². The van der Waals surface area contributed by atoms with Gasteiger partial charge < -0.3 is 20.7 Å². The smallest absolute Gasteiger partial charge is 0.409 e. The SMILES string of the molecule is CC(C)(C#N)COC(=O)N1CCC(n2cc(C(N)=O)c(Nc3ccc(F)cc3)n2)CC1. The fourth-order valence-electron chi connectivity index (χ4n) is 3.20. The van der Waals surface area contributed by atoms with Crippen LogP contribution in [-0.2, 0) is 4.74 Å². The molecule has 164 valence electrons. The Bertz CT molecular complexity index is 988. The first-order valence-corrected chi connectivity index (χ1v) is 9.93. The molecule has 0 atom stereocenters. The molecular weight excluding hydrogens is 403 g/mol. The fraction of sp³-hybridized carbons (Fsp3) is 0.429. The van der Waals surface area contributed by atoms with E-state index >= 15 is 0 Å². The summed E-state index contributed by atoms with van der Waals surface area (Å²) in [6.07, 6.45) is 2.38. The van der Waals surface area contributed by atoms with Gasteiger partial charge in [-0.3, -0.25) is 9.48 Å². The average molecular weight is 428 g/mol. The Morgan fingerprint density at radius 3 is 2.55 bits per heavy atom. The lowest BCUT2D eigenvalue weighted by Crippen LogP contribution is -2.40. The highest BCUT2D eigenvalue weighted by molar-refractivity contribution is 5.98. The lowest BCUT2D eigenvalue weighted by molar-refractivity contribution is 0.0693. The minimum absolute atomic E-state index is 0.0264. The highest BCUT2D eigenvalue weighted by atomic mass is 19.1. The molecule has 1 aliphatic rings. The lowest BCUT2D eigenvalue weighted by Gasteiger charge is -2.32. The fourth-order valence-corrected chi connectivity index (χ4v) is 3.20. The molecule has 1 fully saturated rings. The molecule has 1 saturated heterocycles. The number of nitrogens with one attached hydrogen (secondary N) is 1. The van der Waals surface area contributed by atoms with Gasteiger partial charge in [-0.2, -0.15) is 10.4 Å². The molecule has 31 heavy (non-hydrogen) atoms. The third-order valence-corrected chi connectivity index (χ3v) is 5.06. The Kier molecular flexibility index (Phi) is 6.44. The van der Waals surface area contributed by atoms with Gasteiger partial charge in [0, 0.05) is 25.0 Å². The molecule has 3 rings (SSSR count). The summed E-state index contributed by atoms with van der Waals surface area (Å²) >= 11 is 0. The number of nitriles is 1. The van der Waals surface area contributed by atoms with Gasteiger partial charge >= 0.3 is 6.09 Å². The Morgan fingerprint density at radius 2 is 1.97 bits per heavy atom. The van der Waals surface area contributed by atoms with Gasteiger partial charge in [-0.15, -0.1) is 0 Å². The third-order valence-electron chi connectivity index (χ3n) is 5.06. The maximum absolute atomic E-state index is 13.1. The number of ether oxygens (including phenoxy) is 1. The zero-order chi connectivity index (χ0) is 22.6. The van der Waals surface area contributed by atoms with E-state index in [9.17, 15) is 14.0 Å². The molecule has 3 N–H and O–H groups in total. The minimum atomic E-state index is -0.734. The van der Waals surface area contributed by atoms with Crippen molar-refractivity contribution >= 4 is 23.5 Å². The second-order valence-electron chi connectivity index (χ2n) is 8.14. The predicted octanol–water partition coefficient (Wildman–Crippen LogP) is 3.19. The normalized spacial score (nSPS) is 14.7. The van der Waals surface area contributed by atoms with E-state index < -0.39 is 17.4 Å². The summed E-state index contributed by atoms with van der Waals surface area (Å²) in [5.74, 6) is -0.704. The van der Waals surface area contributed by atoms with Crippen molar-refractivity contribution in [1.82, 2.24) is 14.7 Å². The molecule has 0 bridgehead atoms. The number of amides is 2. The standard InChI is InChI=1S/C21H25FN6O3/c1-21(2,12-23)13-31-20(30)27-9-7-16(8-10-27)28-11-17(18(24)29)19(26-28)25-15-5-3-14(22)4-6-15/h3-6,11,16H,7-10,13H2,1-2H3,(H2,24,29)(H,25,26). The first kappa shape index (κ1) is 22.1. The topological polar surface area (TPSA) is 126 Å². The number of anilines is 2. The van der Waals surface area contributed by atoms with Gasteiger partial charge in [-0.25, -0.2) is 9.18 Å². The zero-order valence-electron chi connectivity index (χ0n) is 17.5. The molecule has 2 amide bonds. The van der Waals surface area contributed by atoms with Crippen molar-refractivity contribution in [3.8, 4) is 6.07 Å². The van der Waals surface area contributed by atoms with Crippen molar-refractivity contribution in [3.63, 3.8) is 0 Å². The van der Waals surface area contributed by atoms with Crippen LogP contribution in [0.5, 0.6) is 0 Å². The summed E-state index contributed by atoms with van der Waals surface area (Å²) in [7, 11) is 0. The van der Waals surface area contributed by atoms with Crippen LogP contribution in [0.3, 0.4) is 0 Å². The maximum Gasteiger partial charge on any atom is 0.409 e. The molecular formula is C21H25FN6O3. The molecule has 0 saturated carbocycles. The van der Waals surface area contributed by atoms with E-state index in [1.165, 1.54) is 24.3 Å². The number of piperidine rings is 1. The molecule has 0 aliphatic carbocycles. The molecule has 1 aromatic heterocycles. The first-order chi connectivity index (χ1) is 14.7. The number of primary amides is 1. The van der Waals surface area contributed by atoms with Gasteiger partial charge in [0.1, 0.15) is 18.0 Å². The molecule has 2 heterocycles. The molecule has 2 aromatic rings. The van der Waals surface area contributed by atoms with E-state index in [0.717, 1.165) is 0 Å². The number of rotatable bonds is 6. The summed E-state index contributed by atoms with van der Waals surface area (Å²) in [5, 5.41) is 16.5. The Labute approximate surface area is 179 Å². The number of aromatic nitrogens is 2. The predicted molar refractivity (Wildman–Crippen MR) is 111 cm³/mol. The Morgan fingerprint density at radius 1 is 1.32 bits per heavy atom. The van der Waals surface area contributed by atoms with Crippen LogP contribution in [-0.4, -0.2) is 46.4 Å². The number of hydrogen-bond acceptors (Lipinski definition) is 6. The monoisotopic (exact) mass is 428 g/mol. The first-order valence-electron chi connectivity index (χ1n) is 9.93. The van der Waals surface area contributed by atoms with Crippen LogP contribution >= 0.6 is 0 Å². The van der Waals surface area contributed by atoms with Crippen LogP contribution in [0.2, 0.25) is 0 Å². The molecule has 0 spiro atoms. The largest absolute Gasteiger partial charge is 0.448 e. The van der Waals surface area contributed by atoms with Crippen LogP contribution in [0.25, 0.3) is 0 Å². The van der Waals surface area contributed by atoms with Crippen LogP contribution in [0.1, 0.15) is 43.1 Å². The van der Waals surface area contributed by atoms with Crippen molar-refractivity contribution in [2.75, 3.05) is 25.0 Å². The lowest BCUT2D eigenvalue weighted by atomic mass is 9.98. The van der Waals surface area contributed by atoms with Gasteiger partial charge in [0.05, 0.1) is 17.5 Å². The highest BCUT2D eigenvalue weighted by Crippen LogP contribution is 2.27. The number of nitrogens with two attached hydrogens (primary N) is 1. The number of benzene rings is 1. The summed E-state index contributed by atoms with van der Waals surface area (Å²) < 4.78 is 20.0. The van der Waals surface area contributed by atoms with E-state index in [-0.39, 0.29) is 24.0 Å². The van der Waals surface area contributed by atoms with Crippen LogP contribution in [0, 0.1) is 22.6 Å². The van der Waals surface area contributed by atoms with E-state index in [2.05, 4.69) is 16.5 Å². The molecule has 1 aliphatic heterocycles. The van der Waals surface area contributed by atoms with Crippen LogP contribution < -0.4 is 11.1 Å². The number of likely N-dealkylation sites (tertiary alicyclic amines) is 1. The van der Waals surface area contributed by atoms with Crippen LogP contribution in [0.4, 0.5) is 20.7 Å². The van der Waals surface area contributed by atoms with Crippen LogP contribution in [0.15, 0.2) is 30.5 Å². The molecule has 10 heteroatoms. The minimum Gasteiger partial charge on any atom is -0.448 e. The third kappa shape index (κ3) is 5.51. The van der Waals surface area contributed by atoms with Gasteiger partial charge in [0.2, 0.25) is 0 Å².